The third-order valence-corrected chi connectivity index (χ3v) is 3.57. The van der Waals surface area contributed by atoms with Gasteiger partial charge in [0.1, 0.15) is 5.04 Å². The van der Waals surface area contributed by atoms with Crippen LogP contribution in [0.25, 0.3) is 0 Å². The molecule has 1 aromatic carbocycles. The summed E-state index contributed by atoms with van der Waals surface area (Å²) in [5.41, 5.74) is 0.688. The number of hydrogen-bond donors (Lipinski definition) is 0. The van der Waals surface area contributed by atoms with Gasteiger partial charge in [-0.2, -0.15) is 0 Å². The molecule has 0 fully saturated rings. The third kappa shape index (κ3) is 2.11. The maximum Gasteiger partial charge on any atom is 0.203 e. The Labute approximate surface area is 108 Å². The fourth-order valence-electron chi connectivity index (χ4n) is 1.67. The van der Waals surface area contributed by atoms with E-state index >= 15 is 0 Å². The zero-order valence-electron chi connectivity index (χ0n) is 10.3. The highest BCUT2D eigenvalue weighted by molar-refractivity contribution is 8.04. The smallest absolute Gasteiger partial charge is 0.203 e. The van der Waals surface area contributed by atoms with Gasteiger partial charge < -0.3 is 14.2 Å². The lowest BCUT2D eigenvalue weighted by Gasteiger charge is -2.13. The Morgan fingerprint density at radius 3 is 2.06 bits per heavy atom. The van der Waals surface area contributed by atoms with Crippen LogP contribution in [0.3, 0.4) is 0 Å². The molecule has 2 rings (SSSR count). The number of aliphatic imine (C=N–C) groups is 1. The highest BCUT2D eigenvalue weighted by Gasteiger charge is 2.19. The average molecular weight is 267 g/mol. The van der Waals surface area contributed by atoms with Crippen LogP contribution in [-0.2, 0) is 10.8 Å². The van der Waals surface area contributed by atoms with Crippen molar-refractivity contribution in [3.05, 3.63) is 29.3 Å². The average Bonchev–Trinajstić information content (AvgIpc) is 2.83. The molecule has 0 aliphatic carbocycles. The minimum Gasteiger partial charge on any atom is -0.493 e. The highest BCUT2D eigenvalue weighted by Crippen LogP contribution is 2.38. The van der Waals surface area contributed by atoms with Gasteiger partial charge in [0.05, 0.1) is 32.1 Å². The lowest BCUT2D eigenvalue weighted by Crippen LogP contribution is -2.05. The van der Waals surface area contributed by atoms with E-state index in [0.29, 0.717) is 27.9 Å². The number of hydrogen-bond acceptors (Lipinski definition) is 5. The number of rotatable bonds is 4. The Hall–Kier alpha value is -1.82. The molecule has 6 heteroatoms. The molecule has 0 aromatic heterocycles. The third-order valence-electron chi connectivity index (χ3n) is 2.48. The normalized spacial score (nSPS) is 17.5. The maximum atomic E-state index is 11.7. The van der Waals surface area contributed by atoms with Crippen LogP contribution < -0.4 is 14.2 Å². The van der Waals surface area contributed by atoms with Crippen LogP contribution in [0.2, 0.25) is 0 Å². The molecule has 0 radical (unpaired) electrons. The number of benzene rings is 1. The van der Waals surface area contributed by atoms with Crippen LogP contribution in [0.4, 0.5) is 0 Å². The molecule has 0 spiro atoms. The first-order chi connectivity index (χ1) is 8.71. The number of ether oxygens (including phenoxy) is 3. The molecule has 5 nitrogen and oxygen atoms in total. The van der Waals surface area contributed by atoms with Gasteiger partial charge in [-0.15, -0.1) is 0 Å². The number of methoxy groups -OCH3 is 3. The largest absolute Gasteiger partial charge is 0.493 e. The molecule has 1 aliphatic heterocycles. The van der Waals surface area contributed by atoms with E-state index in [-0.39, 0.29) is 0 Å². The minimum absolute atomic E-state index is 0.481. The van der Waals surface area contributed by atoms with E-state index in [0.717, 1.165) is 0 Å². The standard InChI is InChI=1S/C12H13NO4S/c1-15-9-6-8(12-13-4-5-18(12)14)7-10(16-2)11(9)17-3/h4-7H,1-3H3. The van der Waals surface area contributed by atoms with Gasteiger partial charge in [0, 0.05) is 17.2 Å². The summed E-state index contributed by atoms with van der Waals surface area (Å²) < 4.78 is 27.4. The molecule has 0 amide bonds. The predicted molar refractivity (Wildman–Crippen MR) is 69.9 cm³/mol. The van der Waals surface area contributed by atoms with Gasteiger partial charge in [0.15, 0.2) is 11.5 Å². The summed E-state index contributed by atoms with van der Waals surface area (Å²) in [6.45, 7) is 0. The van der Waals surface area contributed by atoms with Gasteiger partial charge in [-0.3, -0.25) is 0 Å². The van der Waals surface area contributed by atoms with E-state index < -0.39 is 10.8 Å². The quantitative estimate of drug-likeness (QED) is 0.833. The van der Waals surface area contributed by atoms with Crippen molar-refractivity contribution in [3.8, 4) is 17.2 Å². The number of nitrogens with zero attached hydrogens (tertiary/aromatic N) is 1. The van der Waals surface area contributed by atoms with Gasteiger partial charge in [-0.1, -0.05) is 0 Å². The van der Waals surface area contributed by atoms with Crippen LogP contribution >= 0.6 is 0 Å². The summed E-state index contributed by atoms with van der Waals surface area (Å²) in [5, 5.41) is 2.01. The van der Waals surface area contributed by atoms with E-state index in [1.165, 1.54) is 32.9 Å². The van der Waals surface area contributed by atoms with Crippen LogP contribution in [0.5, 0.6) is 17.2 Å². The molecule has 1 aliphatic rings. The van der Waals surface area contributed by atoms with Crippen molar-refractivity contribution in [2.45, 2.75) is 0 Å². The molecule has 1 aromatic rings. The molecule has 1 heterocycles. The summed E-state index contributed by atoms with van der Waals surface area (Å²) in [4.78, 5) is 4.08. The van der Waals surface area contributed by atoms with Crippen molar-refractivity contribution >= 4 is 15.8 Å². The SMILES string of the molecule is COc1cc(C2=NC=CS2=O)cc(OC)c1OC. The van der Waals surface area contributed by atoms with Gasteiger partial charge in [-0.25, -0.2) is 9.20 Å². The monoisotopic (exact) mass is 267 g/mol. The van der Waals surface area contributed by atoms with Gasteiger partial charge in [0.25, 0.3) is 0 Å². The predicted octanol–water partition coefficient (Wildman–Crippen LogP) is 1.69. The molecule has 1 atom stereocenters. The molecular weight excluding hydrogens is 254 g/mol. The van der Waals surface area contributed by atoms with Gasteiger partial charge in [0.2, 0.25) is 5.75 Å². The Bertz CT molecular complexity index is 526. The molecule has 18 heavy (non-hydrogen) atoms. The van der Waals surface area contributed by atoms with E-state index in [9.17, 15) is 4.21 Å². The summed E-state index contributed by atoms with van der Waals surface area (Å²) >= 11 is 0. The molecule has 0 saturated heterocycles. The molecular formula is C12H13NO4S. The van der Waals surface area contributed by atoms with Crippen molar-refractivity contribution in [2.75, 3.05) is 21.3 Å². The summed E-state index contributed by atoms with van der Waals surface area (Å²) in [5.74, 6) is 1.53. The fourth-order valence-corrected chi connectivity index (χ4v) is 2.48. The fraction of sp³-hybridized carbons (Fsp3) is 0.250. The van der Waals surface area contributed by atoms with Crippen LogP contribution in [-0.4, -0.2) is 30.6 Å². The van der Waals surface area contributed by atoms with Crippen molar-refractivity contribution < 1.29 is 18.4 Å². The van der Waals surface area contributed by atoms with E-state index in [2.05, 4.69) is 4.99 Å². The van der Waals surface area contributed by atoms with E-state index in [1.807, 2.05) is 0 Å². The maximum absolute atomic E-state index is 11.7. The molecule has 1 unspecified atom stereocenters. The molecule has 0 saturated carbocycles. The lowest BCUT2D eigenvalue weighted by atomic mass is 10.2. The zero-order valence-corrected chi connectivity index (χ0v) is 11.1. The Morgan fingerprint density at radius 1 is 1.06 bits per heavy atom. The first kappa shape index (κ1) is 12.6. The van der Waals surface area contributed by atoms with Crippen LogP contribution in [0, 0.1) is 0 Å². The van der Waals surface area contributed by atoms with Crippen molar-refractivity contribution in [1.82, 2.24) is 0 Å². The topological polar surface area (TPSA) is 57.1 Å². The highest BCUT2D eigenvalue weighted by atomic mass is 32.2. The van der Waals surface area contributed by atoms with Crippen molar-refractivity contribution in [2.24, 2.45) is 4.99 Å². The Morgan fingerprint density at radius 2 is 1.67 bits per heavy atom. The Kier molecular flexibility index (Phi) is 3.66. The second-order valence-corrected chi connectivity index (χ2v) is 4.68. The second kappa shape index (κ2) is 5.22. The van der Waals surface area contributed by atoms with Crippen LogP contribution in [0.1, 0.15) is 5.56 Å². The molecule has 0 bridgehead atoms. The van der Waals surface area contributed by atoms with Crippen molar-refractivity contribution in [1.29, 1.82) is 0 Å². The first-order valence-electron chi connectivity index (χ1n) is 5.16. The van der Waals surface area contributed by atoms with E-state index in [4.69, 9.17) is 14.2 Å². The first-order valence-corrected chi connectivity index (χ1v) is 6.38. The lowest BCUT2D eigenvalue weighted by molar-refractivity contribution is 0.324. The Balaban J connectivity index is 2.54. The minimum atomic E-state index is -1.22. The summed E-state index contributed by atoms with van der Waals surface area (Å²) in [6, 6.07) is 3.45. The van der Waals surface area contributed by atoms with E-state index in [1.54, 1.807) is 12.1 Å². The van der Waals surface area contributed by atoms with Crippen molar-refractivity contribution in [3.63, 3.8) is 0 Å². The van der Waals surface area contributed by atoms with Crippen LogP contribution in [0.15, 0.2) is 28.7 Å². The summed E-state index contributed by atoms with van der Waals surface area (Å²) in [6.07, 6.45) is 1.52. The summed E-state index contributed by atoms with van der Waals surface area (Å²) in [7, 11) is 3.38. The zero-order chi connectivity index (χ0) is 13.1. The van der Waals surface area contributed by atoms with Gasteiger partial charge in [-0.05, 0) is 12.1 Å². The van der Waals surface area contributed by atoms with Gasteiger partial charge >= 0.3 is 0 Å². The molecule has 96 valence electrons. The molecule has 0 N–H and O–H groups in total. The second-order valence-electron chi connectivity index (χ2n) is 3.43.